The van der Waals surface area contributed by atoms with Gasteiger partial charge >= 0.3 is 47.5 Å². The molecule has 7 heteroatoms. The second-order valence-electron chi connectivity index (χ2n) is 7.51. The minimum absolute atomic E-state index is 0. The van der Waals surface area contributed by atoms with Gasteiger partial charge in [0.25, 0.3) is 0 Å². The van der Waals surface area contributed by atoms with Gasteiger partial charge in [0.1, 0.15) is 6.04 Å². The monoisotopic (exact) mass is 423 g/mol. The number of carbonyl (C=O) groups is 3. The normalized spacial score (nSPS) is 11.4. The maximum Gasteiger partial charge on any atom is 1.00 e. The van der Waals surface area contributed by atoms with Gasteiger partial charge in [-0.3, -0.25) is 9.59 Å². The molecule has 0 saturated heterocycles. The molecular weight excluding hydrogens is 381 g/mol. The van der Waals surface area contributed by atoms with E-state index in [9.17, 15) is 14.4 Å². The fraction of sp³-hybridized carbons (Fsp3) is 0.864. The van der Waals surface area contributed by atoms with E-state index in [0.29, 0.717) is 0 Å². The molecule has 0 amide bonds. The van der Waals surface area contributed by atoms with Gasteiger partial charge in [0.05, 0.1) is 7.11 Å². The van der Waals surface area contributed by atoms with Gasteiger partial charge < -0.3 is 16.6 Å². The van der Waals surface area contributed by atoms with Crippen molar-refractivity contribution in [2.75, 3.05) is 7.11 Å². The molecule has 0 unspecified atom stereocenters. The molecule has 0 aromatic rings. The zero-order valence-electron chi connectivity index (χ0n) is 20.0. The van der Waals surface area contributed by atoms with Gasteiger partial charge in [-0.15, -0.1) is 0 Å². The number of nitrogens with two attached hydrogens (primary N) is 1. The van der Waals surface area contributed by atoms with Crippen LogP contribution in [-0.2, 0) is 23.9 Å². The van der Waals surface area contributed by atoms with Crippen molar-refractivity contribution in [2.45, 2.75) is 116 Å². The van der Waals surface area contributed by atoms with Crippen molar-refractivity contribution in [1.29, 1.82) is 0 Å². The first-order chi connectivity index (χ1) is 13.5. The van der Waals surface area contributed by atoms with Gasteiger partial charge in [-0.2, -0.15) is 0 Å². The van der Waals surface area contributed by atoms with E-state index in [1.807, 2.05) is 0 Å². The van der Waals surface area contributed by atoms with Crippen LogP contribution in [0.2, 0.25) is 0 Å². The maximum atomic E-state index is 11.7. The quantitative estimate of drug-likeness (QED) is 0.157. The van der Waals surface area contributed by atoms with Gasteiger partial charge in [0.2, 0.25) is 0 Å². The summed E-state index contributed by atoms with van der Waals surface area (Å²) in [7, 11) is 1.27. The molecule has 2 N–H and O–H groups in total. The Kier molecular flexibility index (Phi) is 23.6. The van der Waals surface area contributed by atoms with Crippen molar-refractivity contribution in [1.82, 2.24) is 0 Å². The minimum Gasteiger partial charge on any atom is -1.00 e. The predicted molar refractivity (Wildman–Crippen MR) is 112 cm³/mol. The fourth-order valence-corrected chi connectivity index (χ4v) is 3.02. The fourth-order valence-electron chi connectivity index (χ4n) is 3.02. The second kappa shape index (κ2) is 22.3. The third-order valence-corrected chi connectivity index (χ3v) is 4.89. The van der Waals surface area contributed by atoms with E-state index in [-0.39, 0.29) is 50.2 Å². The van der Waals surface area contributed by atoms with E-state index >= 15 is 0 Å². The van der Waals surface area contributed by atoms with Crippen molar-refractivity contribution in [3.05, 3.63) is 0 Å². The van der Waals surface area contributed by atoms with E-state index in [0.717, 1.165) is 19.3 Å². The number of methoxy groups -OCH3 is 1. The van der Waals surface area contributed by atoms with Crippen molar-refractivity contribution >= 4 is 17.9 Å². The molecule has 0 saturated carbocycles. The summed E-state index contributed by atoms with van der Waals surface area (Å²) in [4.78, 5) is 34.3. The Morgan fingerprint density at radius 3 is 1.66 bits per heavy atom. The van der Waals surface area contributed by atoms with Crippen molar-refractivity contribution < 1.29 is 54.8 Å². The second-order valence-corrected chi connectivity index (χ2v) is 7.51. The van der Waals surface area contributed by atoms with Crippen molar-refractivity contribution in [3.63, 3.8) is 0 Å². The molecule has 0 spiro atoms. The van der Waals surface area contributed by atoms with Crippen LogP contribution in [0.5, 0.6) is 0 Å². The Bertz CT molecular complexity index is 438. The molecule has 166 valence electrons. The number of rotatable bonds is 18. The zero-order chi connectivity index (χ0) is 21.0. The molecule has 0 radical (unpaired) electrons. The summed E-state index contributed by atoms with van der Waals surface area (Å²) >= 11 is 0. The summed E-state index contributed by atoms with van der Waals surface area (Å²) in [6, 6.07) is -0.977. The summed E-state index contributed by atoms with van der Waals surface area (Å²) in [5.74, 6) is -1.76. The molecule has 0 aliphatic rings. The summed E-state index contributed by atoms with van der Waals surface area (Å²) in [5, 5.41) is 0. The number of hydrogen-bond donors (Lipinski definition) is 1. The molecule has 29 heavy (non-hydrogen) atoms. The zero-order valence-corrected chi connectivity index (χ0v) is 21.0. The smallest absolute Gasteiger partial charge is 1.00 e. The number of ether oxygens (including phenoxy) is 2. The van der Waals surface area contributed by atoms with Gasteiger partial charge in [-0.25, -0.2) is 4.79 Å². The maximum absolute atomic E-state index is 11.7. The van der Waals surface area contributed by atoms with Crippen molar-refractivity contribution in [3.8, 4) is 0 Å². The van der Waals surface area contributed by atoms with E-state index < -0.39 is 23.9 Å². The average Bonchev–Trinajstić information content (AvgIpc) is 2.69. The number of carbonyl (C=O) groups excluding carboxylic acids is 3. The molecule has 0 aliphatic heterocycles. The van der Waals surface area contributed by atoms with Gasteiger partial charge in [-0.1, -0.05) is 84.0 Å². The predicted octanol–water partition coefficient (Wildman–Crippen LogP) is 1.93. The first-order valence-electron chi connectivity index (χ1n) is 11.1. The van der Waals surface area contributed by atoms with Gasteiger partial charge in [0.15, 0.2) is 0 Å². The molecule has 0 rings (SSSR count). The molecule has 0 aliphatic carbocycles. The Morgan fingerprint density at radius 2 is 1.21 bits per heavy atom. The number of esters is 3. The van der Waals surface area contributed by atoms with Crippen molar-refractivity contribution in [2.24, 2.45) is 5.73 Å². The summed E-state index contributed by atoms with van der Waals surface area (Å²) < 4.78 is 9.21. The summed E-state index contributed by atoms with van der Waals surface area (Å²) in [6.07, 6.45) is 16.4. The first-order valence-corrected chi connectivity index (χ1v) is 11.1. The Balaban J connectivity index is -0.00000364. The van der Waals surface area contributed by atoms with E-state index in [1.54, 1.807) is 0 Å². The van der Waals surface area contributed by atoms with E-state index in [2.05, 4.69) is 11.7 Å². The van der Waals surface area contributed by atoms with Crippen LogP contribution in [0.25, 0.3) is 0 Å². The molecule has 1 atom stereocenters. The van der Waals surface area contributed by atoms with Crippen LogP contribution in [0.1, 0.15) is 111 Å². The third kappa shape index (κ3) is 20.6. The molecular formula is C22H42NNaO5. The Hall–Kier alpha value is -0.430. The van der Waals surface area contributed by atoms with Crippen LogP contribution >= 0.6 is 0 Å². The van der Waals surface area contributed by atoms with Crippen LogP contribution in [0.3, 0.4) is 0 Å². The Morgan fingerprint density at radius 1 is 0.759 bits per heavy atom. The SMILES string of the molecule is CCCCCCCCCCCCCCCC(=O)OC(=O)[C@@H](N)CCC(=O)OC.[H-].[Na+]. The number of hydrogen-bond acceptors (Lipinski definition) is 6. The molecule has 6 nitrogen and oxygen atoms in total. The average molecular weight is 424 g/mol. The Labute approximate surface area is 200 Å². The first kappa shape index (κ1) is 30.8. The summed E-state index contributed by atoms with van der Waals surface area (Å²) in [5.41, 5.74) is 5.61. The molecule has 0 fully saturated rings. The van der Waals surface area contributed by atoms with Crippen LogP contribution < -0.4 is 35.3 Å². The topological polar surface area (TPSA) is 95.7 Å². The minimum atomic E-state index is -0.977. The largest absolute Gasteiger partial charge is 1.00 e. The molecule has 0 aromatic carbocycles. The van der Waals surface area contributed by atoms with Gasteiger partial charge in [0, 0.05) is 12.8 Å². The van der Waals surface area contributed by atoms with Crippen LogP contribution in [0, 0.1) is 0 Å². The number of unbranched alkanes of at least 4 members (excludes halogenated alkanes) is 12. The standard InChI is InChI=1S/C22H41NO5.Na.H/c1-3-4-5-6-7-8-9-10-11-12-13-14-15-16-21(25)28-22(26)19(23)17-18-20(24)27-2;;/h19H,3-18,23H2,1-2H3;;/q;+1;-1/t19-;;/m0../s1. The molecule has 0 bridgehead atoms. The summed E-state index contributed by atoms with van der Waals surface area (Å²) in [6.45, 7) is 2.24. The van der Waals surface area contributed by atoms with Crippen LogP contribution in [0.15, 0.2) is 0 Å². The molecule has 0 heterocycles. The van der Waals surface area contributed by atoms with E-state index in [1.165, 1.54) is 71.3 Å². The van der Waals surface area contributed by atoms with Crippen LogP contribution in [0.4, 0.5) is 0 Å². The van der Waals surface area contributed by atoms with Gasteiger partial charge in [-0.05, 0) is 12.8 Å². The third-order valence-electron chi connectivity index (χ3n) is 4.89. The molecule has 0 aromatic heterocycles. The van der Waals surface area contributed by atoms with Crippen LogP contribution in [-0.4, -0.2) is 31.1 Å². The van der Waals surface area contributed by atoms with E-state index in [4.69, 9.17) is 10.5 Å².